The summed E-state index contributed by atoms with van der Waals surface area (Å²) in [6.45, 7) is 3.92. The molecule has 0 aliphatic carbocycles. The third-order valence-corrected chi connectivity index (χ3v) is 3.24. The van der Waals surface area contributed by atoms with Gasteiger partial charge in [-0.1, -0.05) is 30.3 Å². The normalized spacial score (nSPS) is 12.1. The second-order valence-electron chi connectivity index (χ2n) is 4.59. The summed E-state index contributed by atoms with van der Waals surface area (Å²) in [4.78, 5) is 23.8. The maximum Gasteiger partial charge on any atom is 0.306 e. The number of esters is 1. The Morgan fingerprint density at radius 1 is 1.25 bits per heavy atom. The molecule has 1 aromatic carbocycles. The van der Waals surface area contributed by atoms with Gasteiger partial charge in [0.15, 0.2) is 0 Å². The lowest BCUT2D eigenvalue weighted by Crippen LogP contribution is -2.17. The predicted molar refractivity (Wildman–Crippen MR) is 75.7 cm³/mol. The van der Waals surface area contributed by atoms with E-state index in [0.29, 0.717) is 12.2 Å². The first-order valence-electron chi connectivity index (χ1n) is 6.61. The molecule has 5 nitrogen and oxygen atoms in total. The van der Waals surface area contributed by atoms with E-state index in [-0.39, 0.29) is 23.9 Å². The smallest absolute Gasteiger partial charge is 0.306 e. The van der Waals surface area contributed by atoms with E-state index in [1.807, 2.05) is 37.3 Å². The summed E-state index contributed by atoms with van der Waals surface area (Å²) in [7, 11) is 0. The Balaban J connectivity index is 2.40. The van der Waals surface area contributed by atoms with Gasteiger partial charge in [-0.2, -0.15) is 0 Å². The number of carbonyl (C=O) groups excluding carboxylic acids is 1. The van der Waals surface area contributed by atoms with E-state index in [4.69, 9.17) is 4.74 Å². The van der Waals surface area contributed by atoms with Crippen LogP contribution in [0.15, 0.2) is 35.1 Å². The van der Waals surface area contributed by atoms with Crippen LogP contribution in [0.25, 0.3) is 0 Å². The number of carbonyl (C=O) groups is 1. The van der Waals surface area contributed by atoms with Gasteiger partial charge in [0, 0.05) is 17.2 Å². The van der Waals surface area contributed by atoms with Crippen molar-refractivity contribution >= 4 is 5.97 Å². The SMILES string of the molecule is CCOC(=O)CC(c1ccccc1)c1c(C)[nH][nH]c1=O. The highest BCUT2D eigenvalue weighted by Crippen LogP contribution is 2.27. The third-order valence-electron chi connectivity index (χ3n) is 3.24. The number of benzene rings is 1. The van der Waals surface area contributed by atoms with Crippen LogP contribution in [0, 0.1) is 6.92 Å². The van der Waals surface area contributed by atoms with Crippen molar-refractivity contribution < 1.29 is 9.53 Å². The molecule has 0 amide bonds. The first kappa shape index (κ1) is 14.1. The monoisotopic (exact) mass is 274 g/mol. The number of nitrogens with one attached hydrogen (secondary N) is 2. The summed E-state index contributed by atoms with van der Waals surface area (Å²) in [6.07, 6.45) is 0.152. The molecular weight excluding hydrogens is 256 g/mol. The number of rotatable bonds is 5. The largest absolute Gasteiger partial charge is 0.466 e. The molecule has 2 rings (SSSR count). The average molecular weight is 274 g/mol. The number of ether oxygens (including phenoxy) is 1. The number of hydrogen-bond donors (Lipinski definition) is 2. The Kier molecular flexibility index (Phi) is 4.40. The molecule has 1 atom stereocenters. The standard InChI is InChI=1S/C15H18N2O3/c1-3-20-13(18)9-12(11-7-5-4-6-8-11)14-10(2)16-17-15(14)19/h4-8,12H,3,9H2,1-2H3,(H2,16,17,19). The first-order chi connectivity index (χ1) is 9.63. The highest BCUT2D eigenvalue weighted by molar-refractivity contribution is 5.71. The van der Waals surface area contributed by atoms with Crippen molar-refractivity contribution in [2.45, 2.75) is 26.2 Å². The van der Waals surface area contributed by atoms with E-state index in [2.05, 4.69) is 10.2 Å². The fraction of sp³-hybridized carbons (Fsp3) is 0.333. The Hall–Kier alpha value is -2.30. The number of aryl methyl sites for hydroxylation is 1. The Morgan fingerprint density at radius 3 is 2.50 bits per heavy atom. The van der Waals surface area contributed by atoms with E-state index in [1.165, 1.54) is 0 Å². The van der Waals surface area contributed by atoms with Gasteiger partial charge in [0.1, 0.15) is 0 Å². The molecule has 0 saturated heterocycles. The van der Waals surface area contributed by atoms with Gasteiger partial charge in [-0.05, 0) is 19.4 Å². The van der Waals surface area contributed by atoms with Gasteiger partial charge in [-0.15, -0.1) is 0 Å². The van der Waals surface area contributed by atoms with Crippen LogP contribution in [-0.4, -0.2) is 22.8 Å². The molecule has 1 aromatic heterocycles. The molecule has 1 unspecified atom stereocenters. The quantitative estimate of drug-likeness (QED) is 0.820. The lowest BCUT2D eigenvalue weighted by atomic mass is 9.89. The van der Waals surface area contributed by atoms with Gasteiger partial charge >= 0.3 is 5.97 Å². The minimum absolute atomic E-state index is 0.152. The van der Waals surface area contributed by atoms with Gasteiger partial charge in [-0.25, -0.2) is 0 Å². The highest BCUT2D eigenvalue weighted by Gasteiger charge is 2.24. The van der Waals surface area contributed by atoms with E-state index in [0.717, 1.165) is 11.3 Å². The molecule has 1 heterocycles. The molecule has 0 fully saturated rings. The van der Waals surface area contributed by atoms with Crippen LogP contribution in [0.1, 0.15) is 36.1 Å². The minimum Gasteiger partial charge on any atom is -0.466 e. The molecule has 0 saturated carbocycles. The molecule has 2 N–H and O–H groups in total. The van der Waals surface area contributed by atoms with Crippen molar-refractivity contribution in [3.8, 4) is 0 Å². The maximum atomic E-state index is 12.0. The van der Waals surface area contributed by atoms with E-state index < -0.39 is 0 Å². The average Bonchev–Trinajstić information content (AvgIpc) is 2.77. The lowest BCUT2D eigenvalue weighted by Gasteiger charge is -2.15. The molecule has 2 aromatic rings. The zero-order valence-electron chi connectivity index (χ0n) is 11.6. The van der Waals surface area contributed by atoms with Gasteiger partial charge in [-0.3, -0.25) is 14.7 Å². The van der Waals surface area contributed by atoms with Gasteiger partial charge < -0.3 is 9.84 Å². The van der Waals surface area contributed by atoms with Crippen LogP contribution in [0.2, 0.25) is 0 Å². The third kappa shape index (κ3) is 2.99. The second kappa shape index (κ2) is 6.23. The maximum absolute atomic E-state index is 12.0. The molecular formula is C15H18N2O3. The van der Waals surface area contributed by atoms with Gasteiger partial charge in [0.25, 0.3) is 5.56 Å². The number of aromatic nitrogens is 2. The molecule has 0 aliphatic rings. The van der Waals surface area contributed by atoms with Crippen LogP contribution in [0.3, 0.4) is 0 Å². The van der Waals surface area contributed by atoms with Crippen molar-refractivity contribution in [1.29, 1.82) is 0 Å². The zero-order chi connectivity index (χ0) is 14.5. The molecule has 5 heteroatoms. The predicted octanol–water partition coefficient (Wildman–Crippen LogP) is 2.10. The summed E-state index contributed by atoms with van der Waals surface area (Å²) in [6, 6.07) is 9.51. The topological polar surface area (TPSA) is 75.0 Å². The van der Waals surface area contributed by atoms with Crippen molar-refractivity contribution in [3.05, 3.63) is 57.5 Å². The Labute approximate surface area is 117 Å². The van der Waals surface area contributed by atoms with Crippen LogP contribution in [0.4, 0.5) is 0 Å². The highest BCUT2D eigenvalue weighted by atomic mass is 16.5. The summed E-state index contributed by atoms with van der Waals surface area (Å²) in [5.41, 5.74) is 2.06. The number of aromatic amines is 2. The van der Waals surface area contributed by atoms with E-state index in [1.54, 1.807) is 6.92 Å². The van der Waals surface area contributed by atoms with E-state index >= 15 is 0 Å². The molecule has 0 radical (unpaired) electrons. The summed E-state index contributed by atoms with van der Waals surface area (Å²) < 4.78 is 5.01. The van der Waals surface area contributed by atoms with E-state index in [9.17, 15) is 9.59 Å². The van der Waals surface area contributed by atoms with Crippen molar-refractivity contribution in [3.63, 3.8) is 0 Å². The molecule has 106 valence electrons. The van der Waals surface area contributed by atoms with Gasteiger partial charge in [0.05, 0.1) is 13.0 Å². The minimum atomic E-state index is -0.304. The molecule has 20 heavy (non-hydrogen) atoms. The second-order valence-corrected chi connectivity index (χ2v) is 4.59. The number of hydrogen-bond acceptors (Lipinski definition) is 3. The van der Waals surface area contributed by atoms with Gasteiger partial charge in [0.2, 0.25) is 0 Å². The van der Waals surface area contributed by atoms with Crippen LogP contribution in [-0.2, 0) is 9.53 Å². The summed E-state index contributed by atoms with van der Waals surface area (Å²) >= 11 is 0. The lowest BCUT2D eigenvalue weighted by molar-refractivity contribution is -0.143. The molecule has 0 spiro atoms. The molecule has 0 bridgehead atoms. The summed E-state index contributed by atoms with van der Waals surface area (Å²) in [5.74, 6) is -0.605. The van der Waals surface area contributed by atoms with Crippen LogP contribution in [0.5, 0.6) is 0 Å². The summed E-state index contributed by atoms with van der Waals surface area (Å²) in [5, 5.41) is 5.36. The first-order valence-corrected chi connectivity index (χ1v) is 6.61. The van der Waals surface area contributed by atoms with Crippen molar-refractivity contribution in [1.82, 2.24) is 10.2 Å². The fourth-order valence-corrected chi connectivity index (χ4v) is 2.33. The van der Waals surface area contributed by atoms with Crippen LogP contribution >= 0.6 is 0 Å². The van der Waals surface area contributed by atoms with Crippen molar-refractivity contribution in [2.24, 2.45) is 0 Å². The fourth-order valence-electron chi connectivity index (χ4n) is 2.33. The van der Waals surface area contributed by atoms with Crippen LogP contribution < -0.4 is 5.56 Å². The zero-order valence-corrected chi connectivity index (χ0v) is 11.6. The Morgan fingerprint density at radius 2 is 1.95 bits per heavy atom. The van der Waals surface area contributed by atoms with Crippen molar-refractivity contribution in [2.75, 3.05) is 6.61 Å². The number of H-pyrrole nitrogens is 2. The Bertz CT molecular complexity index is 628. The molecule has 0 aliphatic heterocycles.